The first-order chi connectivity index (χ1) is 10.5. The quantitative estimate of drug-likeness (QED) is 0.531. The van der Waals surface area contributed by atoms with Gasteiger partial charge in [-0.25, -0.2) is 0 Å². The first-order valence-corrected chi connectivity index (χ1v) is 7.47. The Labute approximate surface area is 135 Å². The fourth-order valence-electron chi connectivity index (χ4n) is 2.35. The molecule has 0 fully saturated rings. The molecular weight excluding hydrogens is 268 g/mol. The largest absolute Gasteiger partial charge is 0.497 e. The van der Waals surface area contributed by atoms with E-state index < -0.39 is 0 Å². The van der Waals surface area contributed by atoms with Gasteiger partial charge in [-0.15, -0.1) is 0 Å². The normalized spacial score (nSPS) is 12.0. The lowest BCUT2D eigenvalue weighted by molar-refractivity contribution is 0.414. The maximum atomic E-state index is 5.28. The Bertz CT molecular complexity index is 615. The van der Waals surface area contributed by atoms with E-state index in [4.69, 9.17) is 4.74 Å². The van der Waals surface area contributed by atoms with E-state index in [9.17, 15) is 0 Å². The standard InChI is InChI=1S/C21H26O/c1-7-9-16(3)11-12-17(4)20(10-8-2)21-14-13-19(22-6)15-18(21)5/h7-10,13-15H,1-2,4,11-12H2,3,5-6H3. The van der Waals surface area contributed by atoms with Crippen molar-refractivity contribution in [1.29, 1.82) is 0 Å². The van der Waals surface area contributed by atoms with Gasteiger partial charge in [0, 0.05) is 0 Å². The highest BCUT2D eigenvalue weighted by molar-refractivity contribution is 5.81. The smallest absolute Gasteiger partial charge is 0.119 e. The van der Waals surface area contributed by atoms with Crippen molar-refractivity contribution in [2.45, 2.75) is 26.7 Å². The van der Waals surface area contributed by atoms with E-state index in [1.54, 1.807) is 7.11 Å². The van der Waals surface area contributed by atoms with Gasteiger partial charge in [0.1, 0.15) is 5.75 Å². The third-order valence-corrected chi connectivity index (χ3v) is 3.61. The van der Waals surface area contributed by atoms with Gasteiger partial charge in [-0.2, -0.15) is 0 Å². The monoisotopic (exact) mass is 294 g/mol. The maximum absolute atomic E-state index is 5.28. The summed E-state index contributed by atoms with van der Waals surface area (Å²) in [5.74, 6) is 0.870. The Morgan fingerprint density at radius 3 is 2.36 bits per heavy atom. The lowest BCUT2D eigenvalue weighted by Crippen LogP contribution is -1.95. The molecule has 1 heteroatoms. The van der Waals surface area contributed by atoms with E-state index in [0.717, 1.165) is 29.7 Å². The van der Waals surface area contributed by atoms with Crippen LogP contribution in [0.1, 0.15) is 30.9 Å². The molecule has 0 bridgehead atoms. The second-order valence-electron chi connectivity index (χ2n) is 5.35. The summed E-state index contributed by atoms with van der Waals surface area (Å²) < 4.78 is 5.28. The Kier molecular flexibility index (Phi) is 7.18. The number of methoxy groups -OCH3 is 1. The van der Waals surface area contributed by atoms with Crippen LogP contribution >= 0.6 is 0 Å². The first-order valence-electron chi connectivity index (χ1n) is 7.47. The molecule has 0 spiro atoms. The van der Waals surface area contributed by atoms with Gasteiger partial charge in [-0.3, -0.25) is 0 Å². The molecule has 0 atom stereocenters. The molecule has 0 N–H and O–H groups in total. The maximum Gasteiger partial charge on any atom is 0.119 e. The number of aryl methyl sites for hydroxylation is 1. The number of allylic oxidation sites excluding steroid dienone is 7. The van der Waals surface area contributed by atoms with Gasteiger partial charge in [0.2, 0.25) is 0 Å². The highest BCUT2D eigenvalue weighted by atomic mass is 16.5. The highest BCUT2D eigenvalue weighted by Crippen LogP contribution is 2.30. The highest BCUT2D eigenvalue weighted by Gasteiger charge is 2.09. The van der Waals surface area contributed by atoms with Crippen molar-refractivity contribution in [2.75, 3.05) is 7.11 Å². The lowest BCUT2D eigenvalue weighted by Gasteiger charge is -2.15. The molecule has 0 aromatic heterocycles. The van der Waals surface area contributed by atoms with Crippen molar-refractivity contribution < 1.29 is 4.74 Å². The minimum Gasteiger partial charge on any atom is -0.497 e. The molecule has 0 aliphatic heterocycles. The van der Waals surface area contributed by atoms with Crippen molar-refractivity contribution >= 4 is 5.57 Å². The molecule has 1 aromatic rings. The van der Waals surface area contributed by atoms with Crippen LogP contribution in [0.4, 0.5) is 0 Å². The van der Waals surface area contributed by atoms with Gasteiger partial charge in [-0.1, -0.05) is 55.7 Å². The second kappa shape index (κ2) is 8.89. The van der Waals surface area contributed by atoms with Gasteiger partial charge < -0.3 is 4.74 Å². The average Bonchev–Trinajstić information content (AvgIpc) is 2.51. The van der Waals surface area contributed by atoms with Gasteiger partial charge in [-0.05, 0) is 61.1 Å². The predicted molar refractivity (Wildman–Crippen MR) is 98.2 cm³/mol. The Morgan fingerprint density at radius 2 is 1.82 bits per heavy atom. The molecule has 0 saturated heterocycles. The molecule has 0 aliphatic carbocycles. The summed E-state index contributed by atoms with van der Waals surface area (Å²) in [6, 6.07) is 6.11. The summed E-state index contributed by atoms with van der Waals surface area (Å²) in [4.78, 5) is 0. The van der Waals surface area contributed by atoms with Gasteiger partial charge in [0.25, 0.3) is 0 Å². The molecule has 0 amide bonds. The summed E-state index contributed by atoms with van der Waals surface area (Å²) in [5.41, 5.74) is 5.91. The number of rotatable bonds is 8. The van der Waals surface area contributed by atoms with Gasteiger partial charge in [0.05, 0.1) is 7.11 Å². The molecule has 0 radical (unpaired) electrons. The molecule has 0 heterocycles. The summed E-state index contributed by atoms with van der Waals surface area (Å²) in [5, 5.41) is 0. The van der Waals surface area contributed by atoms with E-state index in [2.05, 4.69) is 39.7 Å². The average molecular weight is 294 g/mol. The third-order valence-electron chi connectivity index (χ3n) is 3.61. The van der Waals surface area contributed by atoms with Crippen molar-refractivity contribution in [2.24, 2.45) is 0 Å². The third kappa shape index (κ3) is 4.92. The Morgan fingerprint density at radius 1 is 1.14 bits per heavy atom. The minimum absolute atomic E-state index is 0.870. The molecule has 1 nitrogen and oxygen atoms in total. The molecule has 0 unspecified atom stereocenters. The Balaban J connectivity index is 3.01. The van der Waals surface area contributed by atoms with Crippen LogP contribution in [-0.4, -0.2) is 7.11 Å². The minimum atomic E-state index is 0.870. The lowest BCUT2D eigenvalue weighted by atomic mass is 9.91. The van der Waals surface area contributed by atoms with Crippen LogP contribution in [-0.2, 0) is 0 Å². The van der Waals surface area contributed by atoms with E-state index >= 15 is 0 Å². The van der Waals surface area contributed by atoms with Crippen molar-refractivity contribution in [3.05, 3.63) is 84.5 Å². The number of hydrogen-bond acceptors (Lipinski definition) is 1. The van der Waals surface area contributed by atoms with E-state index in [1.807, 2.05) is 36.4 Å². The number of ether oxygens (including phenoxy) is 1. The summed E-state index contributed by atoms with van der Waals surface area (Å²) >= 11 is 0. The number of hydrogen-bond donors (Lipinski definition) is 0. The molecule has 1 rings (SSSR count). The van der Waals surface area contributed by atoms with Gasteiger partial charge in [0.15, 0.2) is 0 Å². The molecule has 1 aromatic carbocycles. The summed E-state index contributed by atoms with van der Waals surface area (Å²) in [6.07, 6.45) is 9.62. The molecule has 0 saturated carbocycles. The number of benzene rings is 1. The zero-order valence-corrected chi connectivity index (χ0v) is 14.0. The van der Waals surface area contributed by atoms with Crippen LogP contribution in [0, 0.1) is 6.92 Å². The summed E-state index contributed by atoms with van der Waals surface area (Å²) in [7, 11) is 1.68. The van der Waals surface area contributed by atoms with E-state index in [-0.39, 0.29) is 0 Å². The van der Waals surface area contributed by atoms with Crippen LogP contribution in [0.15, 0.2) is 73.4 Å². The fraction of sp³-hybridized carbons (Fsp3) is 0.238. The van der Waals surface area contributed by atoms with Crippen LogP contribution in [0.3, 0.4) is 0 Å². The van der Waals surface area contributed by atoms with E-state index in [1.165, 1.54) is 16.7 Å². The van der Waals surface area contributed by atoms with Crippen LogP contribution in [0.2, 0.25) is 0 Å². The fourth-order valence-corrected chi connectivity index (χ4v) is 2.35. The molecule has 22 heavy (non-hydrogen) atoms. The summed E-state index contributed by atoms with van der Waals surface area (Å²) in [6.45, 7) is 16.0. The topological polar surface area (TPSA) is 9.23 Å². The second-order valence-corrected chi connectivity index (χ2v) is 5.35. The van der Waals surface area contributed by atoms with Crippen molar-refractivity contribution in [1.82, 2.24) is 0 Å². The van der Waals surface area contributed by atoms with Crippen LogP contribution in [0.25, 0.3) is 5.57 Å². The van der Waals surface area contributed by atoms with Gasteiger partial charge >= 0.3 is 0 Å². The van der Waals surface area contributed by atoms with E-state index in [0.29, 0.717) is 0 Å². The molecule has 116 valence electrons. The van der Waals surface area contributed by atoms with Crippen LogP contribution in [0.5, 0.6) is 5.75 Å². The zero-order valence-electron chi connectivity index (χ0n) is 14.0. The first kappa shape index (κ1) is 17.8. The Hall–Kier alpha value is -2.28. The SMILES string of the molecule is C=CC=C(C)CCC(=C)C(=CC=C)c1ccc(OC)cc1C. The predicted octanol–water partition coefficient (Wildman–Crippen LogP) is 6.04. The van der Waals surface area contributed by atoms with Crippen molar-refractivity contribution in [3.63, 3.8) is 0 Å². The molecule has 0 aliphatic rings. The van der Waals surface area contributed by atoms with Crippen LogP contribution < -0.4 is 4.74 Å². The zero-order chi connectivity index (χ0) is 16.5. The molecular formula is C21H26O. The van der Waals surface area contributed by atoms with Crippen molar-refractivity contribution in [3.8, 4) is 5.75 Å².